The minimum absolute atomic E-state index is 0.00835. The van der Waals surface area contributed by atoms with E-state index >= 15 is 0 Å². The van der Waals surface area contributed by atoms with Gasteiger partial charge in [0.15, 0.2) is 12.7 Å². The third kappa shape index (κ3) is 3.23. The number of pyridine rings is 1. The van der Waals surface area contributed by atoms with Crippen LogP contribution in [0.2, 0.25) is 0 Å². The number of aromatic nitrogens is 2. The SMILES string of the molecule is COC(=O)CCc1c[n+]2c(c3[nH]c4ccccc4c13)C[C@@H]1C(C(=O)OC)=CO[C@@H](C)[C@@H]1C2. The van der Waals surface area contributed by atoms with Crippen LogP contribution in [0.3, 0.4) is 0 Å². The Labute approximate surface area is 186 Å². The summed E-state index contributed by atoms with van der Waals surface area (Å²) in [7, 11) is 2.83. The Kier molecular flexibility index (Phi) is 5.12. The van der Waals surface area contributed by atoms with Crippen molar-refractivity contribution in [2.75, 3.05) is 14.2 Å². The van der Waals surface area contributed by atoms with Crippen LogP contribution in [0.1, 0.15) is 24.6 Å². The summed E-state index contributed by atoms with van der Waals surface area (Å²) in [6, 6.07) is 8.22. The Bertz CT molecular complexity index is 1260. The van der Waals surface area contributed by atoms with Crippen molar-refractivity contribution in [1.29, 1.82) is 0 Å². The minimum Gasteiger partial charge on any atom is -0.497 e. The fraction of sp³-hybridized carbons (Fsp3) is 0.400. The smallest absolute Gasteiger partial charge is 0.337 e. The molecule has 4 heterocycles. The molecule has 0 amide bonds. The molecule has 0 aliphatic carbocycles. The predicted molar refractivity (Wildman–Crippen MR) is 118 cm³/mol. The van der Waals surface area contributed by atoms with Crippen molar-refractivity contribution in [1.82, 2.24) is 4.98 Å². The van der Waals surface area contributed by atoms with Crippen LogP contribution in [-0.2, 0) is 43.2 Å². The van der Waals surface area contributed by atoms with Gasteiger partial charge in [-0.2, -0.15) is 4.57 Å². The van der Waals surface area contributed by atoms with E-state index in [9.17, 15) is 9.59 Å². The lowest BCUT2D eigenvalue weighted by atomic mass is 9.75. The number of ether oxygens (including phenoxy) is 3. The van der Waals surface area contributed by atoms with Crippen molar-refractivity contribution in [2.45, 2.75) is 38.8 Å². The molecule has 1 N–H and O–H groups in total. The number of hydrogen-bond donors (Lipinski definition) is 1. The van der Waals surface area contributed by atoms with Crippen LogP contribution in [0.4, 0.5) is 0 Å². The standard InChI is InChI=1S/C25H26N2O5/c1-14-18-12-27-11-15(8-9-22(28)30-2)23-16-6-4-5-7-20(16)26-24(23)21(27)10-17(18)19(13-32-14)25(29)31-3/h4-7,11,13-14,17-18H,8-10,12H2,1-3H3/p+1/t14-,17-,18-/m0/s1. The highest BCUT2D eigenvalue weighted by atomic mass is 16.5. The van der Waals surface area contributed by atoms with Gasteiger partial charge in [-0.3, -0.25) is 4.79 Å². The average molecular weight is 436 g/mol. The van der Waals surface area contributed by atoms with E-state index in [0.717, 1.165) is 39.6 Å². The van der Waals surface area contributed by atoms with Crippen molar-refractivity contribution in [3.8, 4) is 0 Å². The van der Waals surface area contributed by atoms with E-state index in [1.54, 1.807) is 6.26 Å². The molecule has 0 saturated heterocycles. The summed E-state index contributed by atoms with van der Waals surface area (Å²) in [6.45, 7) is 2.78. The lowest BCUT2D eigenvalue weighted by molar-refractivity contribution is -0.718. The van der Waals surface area contributed by atoms with Crippen molar-refractivity contribution >= 4 is 33.7 Å². The maximum absolute atomic E-state index is 12.4. The maximum Gasteiger partial charge on any atom is 0.337 e. The molecule has 1 aromatic carbocycles. The zero-order valence-electron chi connectivity index (χ0n) is 18.5. The Morgan fingerprint density at radius 1 is 1.22 bits per heavy atom. The molecule has 0 saturated carbocycles. The van der Waals surface area contributed by atoms with E-state index in [0.29, 0.717) is 24.8 Å². The molecule has 7 nitrogen and oxygen atoms in total. The number of carbonyl (C=O) groups excluding carboxylic acids is 2. The highest BCUT2D eigenvalue weighted by Gasteiger charge is 2.45. The van der Waals surface area contributed by atoms with Crippen LogP contribution >= 0.6 is 0 Å². The summed E-state index contributed by atoms with van der Waals surface area (Å²) in [4.78, 5) is 27.9. The number of nitrogens with zero attached hydrogens (tertiary/aromatic N) is 1. The van der Waals surface area contributed by atoms with Gasteiger partial charge >= 0.3 is 11.9 Å². The number of esters is 2. The highest BCUT2D eigenvalue weighted by molar-refractivity contribution is 6.09. The number of hydrogen-bond acceptors (Lipinski definition) is 5. The van der Waals surface area contributed by atoms with Crippen molar-refractivity contribution in [3.63, 3.8) is 0 Å². The van der Waals surface area contributed by atoms with E-state index < -0.39 is 0 Å². The summed E-state index contributed by atoms with van der Waals surface area (Å²) < 4.78 is 18.0. The molecule has 166 valence electrons. The molecule has 0 spiro atoms. The first-order chi connectivity index (χ1) is 15.5. The van der Waals surface area contributed by atoms with Crippen LogP contribution in [0.15, 0.2) is 42.3 Å². The molecule has 5 rings (SSSR count). The second-order valence-corrected chi connectivity index (χ2v) is 8.63. The van der Waals surface area contributed by atoms with Crippen LogP contribution in [0.25, 0.3) is 21.8 Å². The molecular formula is C25H27N2O5+. The van der Waals surface area contributed by atoms with Gasteiger partial charge in [-0.15, -0.1) is 0 Å². The molecule has 0 bridgehead atoms. The summed E-state index contributed by atoms with van der Waals surface area (Å²) in [5.41, 5.74) is 4.99. The van der Waals surface area contributed by atoms with Crippen LogP contribution in [0.5, 0.6) is 0 Å². The third-order valence-corrected chi connectivity index (χ3v) is 6.97. The van der Waals surface area contributed by atoms with Gasteiger partial charge in [0.05, 0.1) is 32.0 Å². The van der Waals surface area contributed by atoms with E-state index in [-0.39, 0.29) is 29.9 Å². The number of rotatable bonds is 4. The number of carbonyl (C=O) groups is 2. The van der Waals surface area contributed by atoms with Gasteiger partial charge in [-0.25, -0.2) is 4.79 Å². The minimum atomic E-state index is -0.331. The third-order valence-electron chi connectivity index (χ3n) is 6.97. The zero-order valence-corrected chi connectivity index (χ0v) is 18.5. The highest BCUT2D eigenvalue weighted by Crippen LogP contribution is 2.39. The summed E-state index contributed by atoms with van der Waals surface area (Å²) in [6.07, 6.45) is 5.37. The van der Waals surface area contributed by atoms with Gasteiger partial charge in [-0.05, 0) is 19.4 Å². The van der Waals surface area contributed by atoms with E-state index in [2.05, 4.69) is 27.9 Å². The molecule has 7 heteroatoms. The Hall–Kier alpha value is -3.35. The van der Waals surface area contributed by atoms with Crippen LogP contribution in [0, 0.1) is 11.8 Å². The van der Waals surface area contributed by atoms with Gasteiger partial charge in [0.2, 0.25) is 5.69 Å². The molecular weight excluding hydrogens is 408 g/mol. The largest absolute Gasteiger partial charge is 0.497 e. The van der Waals surface area contributed by atoms with Gasteiger partial charge in [0.25, 0.3) is 0 Å². The topological polar surface area (TPSA) is 81.5 Å². The first kappa shape index (κ1) is 20.5. The zero-order chi connectivity index (χ0) is 22.4. The number of fused-ring (bicyclic) bond motifs is 6. The first-order valence-corrected chi connectivity index (χ1v) is 11.0. The van der Waals surface area contributed by atoms with Crippen molar-refractivity contribution in [2.24, 2.45) is 11.8 Å². The van der Waals surface area contributed by atoms with Crippen molar-refractivity contribution < 1.29 is 28.4 Å². The van der Waals surface area contributed by atoms with E-state index in [4.69, 9.17) is 14.2 Å². The Morgan fingerprint density at radius 2 is 2.03 bits per heavy atom. The van der Waals surface area contributed by atoms with E-state index in [1.165, 1.54) is 14.2 Å². The molecule has 0 fully saturated rings. The first-order valence-electron chi connectivity index (χ1n) is 11.0. The van der Waals surface area contributed by atoms with Gasteiger partial charge in [0, 0.05) is 40.6 Å². The lowest BCUT2D eigenvalue weighted by Crippen LogP contribution is -2.54. The molecule has 2 aliphatic heterocycles. The number of para-hydroxylation sites is 1. The summed E-state index contributed by atoms with van der Waals surface area (Å²) in [5, 5.41) is 2.27. The number of nitrogens with one attached hydrogen (secondary N) is 1. The maximum atomic E-state index is 12.4. The van der Waals surface area contributed by atoms with Gasteiger partial charge < -0.3 is 19.2 Å². The number of H-pyrrole nitrogens is 1. The second kappa shape index (κ2) is 7.97. The summed E-state index contributed by atoms with van der Waals surface area (Å²) >= 11 is 0. The van der Waals surface area contributed by atoms with Gasteiger partial charge in [-0.1, -0.05) is 18.2 Å². The van der Waals surface area contributed by atoms with Crippen molar-refractivity contribution in [3.05, 3.63) is 53.6 Å². The van der Waals surface area contributed by atoms with Crippen LogP contribution < -0.4 is 4.57 Å². The fourth-order valence-corrected chi connectivity index (χ4v) is 5.29. The molecule has 0 radical (unpaired) electrons. The number of aromatic amines is 1. The fourth-order valence-electron chi connectivity index (χ4n) is 5.29. The average Bonchev–Trinajstić information content (AvgIpc) is 3.21. The van der Waals surface area contributed by atoms with E-state index in [1.807, 2.05) is 19.1 Å². The molecule has 3 atom stereocenters. The quantitative estimate of drug-likeness (QED) is 0.503. The second-order valence-electron chi connectivity index (χ2n) is 8.63. The number of benzene rings is 1. The monoisotopic (exact) mass is 435 g/mol. The number of aryl methyl sites for hydroxylation is 1. The summed E-state index contributed by atoms with van der Waals surface area (Å²) in [5.74, 6) is -0.366. The van der Waals surface area contributed by atoms with Gasteiger partial charge in [0.1, 0.15) is 11.6 Å². The molecule has 2 aromatic heterocycles. The molecule has 32 heavy (non-hydrogen) atoms. The number of methoxy groups -OCH3 is 2. The Balaban J connectivity index is 1.67. The predicted octanol–water partition coefficient (Wildman–Crippen LogP) is 2.98. The van der Waals surface area contributed by atoms with Crippen LogP contribution in [-0.4, -0.2) is 37.2 Å². The molecule has 0 unspecified atom stereocenters. The molecule has 3 aromatic rings. The molecule has 2 aliphatic rings. The Morgan fingerprint density at radius 3 is 2.81 bits per heavy atom. The normalized spacial score (nSPS) is 22.0. The lowest BCUT2D eigenvalue weighted by Gasteiger charge is -2.36.